The van der Waals surface area contributed by atoms with Crippen molar-refractivity contribution in [2.75, 3.05) is 4.90 Å². The molecule has 0 aliphatic carbocycles. The van der Waals surface area contributed by atoms with E-state index in [9.17, 15) is 0 Å². The lowest BCUT2D eigenvalue weighted by atomic mass is 9.96. The summed E-state index contributed by atoms with van der Waals surface area (Å²) in [4.78, 5) is 6.80. The van der Waals surface area contributed by atoms with Crippen molar-refractivity contribution >= 4 is 46.2 Å². The Bertz CT molecular complexity index is 1320. The van der Waals surface area contributed by atoms with Crippen LogP contribution in [0.1, 0.15) is 34.7 Å². The average molecular weight is 493 g/mol. The molecular weight excluding hydrogens is 471 g/mol. The van der Waals surface area contributed by atoms with E-state index in [4.69, 9.17) is 35.4 Å². The number of hydrogen-bond donors (Lipinski definition) is 1. The number of nitrogens with one attached hydrogen (secondary N) is 1. The zero-order chi connectivity index (χ0) is 23.1. The van der Waals surface area contributed by atoms with E-state index in [0.717, 1.165) is 34.0 Å². The molecule has 1 aliphatic rings. The first kappa shape index (κ1) is 22.0. The van der Waals surface area contributed by atoms with Crippen LogP contribution in [0.3, 0.4) is 0 Å². The maximum atomic E-state index is 6.57. The molecule has 166 valence electrons. The third-order valence-electron chi connectivity index (χ3n) is 6.09. The number of nitrogens with zero attached hydrogens (tertiary/aromatic N) is 3. The van der Waals surface area contributed by atoms with Crippen LogP contribution < -0.4 is 10.2 Å². The van der Waals surface area contributed by atoms with Crippen LogP contribution in [-0.4, -0.2) is 14.7 Å². The van der Waals surface area contributed by atoms with Gasteiger partial charge in [0.15, 0.2) is 5.11 Å². The fraction of sp³-hybridized carbons (Fsp3) is 0.154. The molecule has 0 amide bonds. The molecule has 4 nitrogen and oxygen atoms in total. The monoisotopic (exact) mass is 492 g/mol. The fourth-order valence-corrected chi connectivity index (χ4v) is 5.33. The Morgan fingerprint density at radius 2 is 1.67 bits per heavy atom. The molecule has 4 aromatic rings. The smallest absolute Gasteiger partial charge is 0.174 e. The SMILES string of the molecule is Cc1cc([C@@H]2[C@H](c3ccccn3)NC(=S)N2c2ccc(Cl)cc2)c(C)n1-c1ccccc1Cl. The van der Waals surface area contributed by atoms with E-state index in [1.807, 2.05) is 72.9 Å². The molecular formula is C26H22Cl2N4S. The highest BCUT2D eigenvalue weighted by Crippen LogP contribution is 2.44. The predicted molar refractivity (Wildman–Crippen MR) is 140 cm³/mol. The molecule has 0 spiro atoms. The minimum atomic E-state index is -0.116. The molecule has 1 fully saturated rings. The van der Waals surface area contributed by atoms with Crippen LogP contribution in [0.2, 0.25) is 10.0 Å². The van der Waals surface area contributed by atoms with E-state index in [1.165, 1.54) is 0 Å². The number of aromatic nitrogens is 2. The maximum absolute atomic E-state index is 6.57. The van der Waals surface area contributed by atoms with E-state index >= 15 is 0 Å². The normalized spacial score (nSPS) is 17.9. The molecule has 2 atom stereocenters. The number of thiocarbonyl (C=S) groups is 1. The molecule has 1 saturated heterocycles. The van der Waals surface area contributed by atoms with Gasteiger partial charge in [-0.25, -0.2) is 0 Å². The van der Waals surface area contributed by atoms with Gasteiger partial charge in [-0.3, -0.25) is 4.98 Å². The van der Waals surface area contributed by atoms with E-state index < -0.39 is 0 Å². The molecule has 7 heteroatoms. The van der Waals surface area contributed by atoms with Gasteiger partial charge in [-0.1, -0.05) is 41.4 Å². The lowest BCUT2D eigenvalue weighted by molar-refractivity contribution is 0.565. The van der Waals surface area contributed by atoms with Crippen molar-refractivity contribution in [3.8, 4) is 5.69 Å². The molecule has 3 heterocycles. The lowest BCUT2D eigenvalue weighted by Gasteiger charge is -2.28. The van der Waals surface area contributed by atoms with Crippen molar-refractivity contribution in [1.82, 2.24) is 14.9 Å². The van der Waals surface area contributed by atoms with Gasteiger partial charge in [-0.15, -0.1) is 0 Å². The Hall–Kier alpha value is -2.86. The quantitative estimate of drug-likeness (QED) is 0.311. The number of anilines is 1. The Morgan fingerprint density at radius 1 is 0.939 bits per heavy atom. The minimum absolute atomic E-state index is 0.101. The highest BCUT2D eigenvalue weighted by molar-refractivity contribution is 7.80. The number of aryl methyl sites for hydroxylation is 1. The molecule has 0 unspecified atom stereocenters. The van der Waals surface area contributed by atoms with Crippen LogP contribution in [0.5, 0.6) is 0 Å². The molecule has 2 aromatic carbocycles. The van der Waals surface area contributed by atoms with Crippen molar-refractivity contribution < 1.29 is 0 Å². The standard InChI is InChI=1S/C26H22Cl2N4S/c1-16-15-20(17(2)31(16)23-9-4-3-7-21(23)28)25-24(22-8-5-6-14-29-22)30-26(33)32(25)19-12-10-18(27)11-13-19/h3-15,24-25H,1-2H3,(H,30,33)/t24-,25+/m0/s1. The van der Waals surface area contributed by atoms with Crippen molar-refractivity contribution in [2.45, 2.75) is 25.9 Å². The van der Waals surface area contributed by atoms with Crippen molar-refractivity contribution in [3.63, 3.8) is 0 Å². The number of halogens is 2. The lowest BCUT2D eigenvalue weighted by Crippen LogP contribution is -2.29. The average Bonchev–Trinajstić information content (AvgIpc) is 3.31. The third-order valence-corrected chi connectivity index (χ3v) is 6.97. The van der Waals surface area contributed by atoms with Crippen LogP contribution >= 0.6 is 35.4 Å². The van der Waals surface area contributed by atoms with Crippen LogP contribution in [-0.2, 0) is 0 Å². The number of rotatable bonds is 4. The summed E-state index contributed by atoms with van der Waals surface area (Å²) in [5, 5.41) is 5.57. The summed E-state index contributed by atoms with van der Waals surface area (Å²) in [6.45, 7) is 4.23. The Labute approximate surface area is 208 Å². The van der Waals surface area contributed by atoms with Gasteiger partial charge in [0.1, 0.15) is 0 Å². The van der Waals surface area contributed by atoms with E-state index in [-0.39, 0.29) is 12.1 Å². The van der Waals surface area contributed by atoms with Crippen molar-refractivity contribution in [3.05, 3.63) is 112 Å². The summed E-state index contributed by atoms with van der Waals surface area (Å²) in [7, 11) is 0. The van der Waals surface area contributed by atoms with Crippen molar-refractivity contribution in [1.29, 1.82) is 0 Å². The molecule has 1 aliphatic heterocycles. The second-order valence-corrected chi connectivity index (χ2v) is 9.32. The van der Waals surface area contributed by atoms with Crippen LogP contribution in [0.25, 0.3) is 5.69 Å². The van der Waals surface area contributed by atoms with Gasteiger partial charge < -0.3 is 14.8 Å². The van der Waals surface area contributed by atoms with E-state index in [2.05, 4.69) is 39.7 Å². The highest BCUT2D eigenvalue weighted by atomic mass is 35.5. The second kappa shape index (κ2) is 8.82. The molecule has 1 N–H and O–H groups in total. The highest BCUT2D eigenvalue weighted by Gasteiger charge is 2.42. The maximum Gasteiger partial charge on any atom is 0.174 e. The predicted octanol–water partition coefficient (Wildman–Crippen LogP) is 6.97. The van der Waals surface area contributed by atoms with Crippen LogP contribution in [0.4, 0.5) is 5.69 Å². The molecule has 0 saturated carbocycles. The summed E-state index contributed by atoms with van der Waals surface area (Å²) >= 11 is 18.6. The van der Waals surface area contributed by atoms with Gasteiger partial charge in [0.2, 0.25) is 0 Å². The van der Waals surface area contributed by atoms with Crippen LogP contribution in [0, 0.1) is 13.8 Å². The van der Waals surface area contributed by atoms with Gasteiger partial charge in [0, 0.05) is 28.3 Å². The second-order valence-electron chi connectivity index (χ2n) is 8.09. The first-order valence-corrected chi connectivity index (χ1v) is 11.8. The summed E-state index contributed by atoms with van der Waals surface area (Å²) in [6, 6.07) is 23.6. The van der Waals surface area contributed by atoms with Crippen LogP contribution in [0.15, 0.2) is 79.0 Å². The number of benzene rings is 2. The molecule has 0 bridgehead atoms. The minimum Gasteiger partial charge on any atom is -0.351 e. The van der Waals surface area contributed by atoms with Gasteiger partial charge in [0.05, 0.1) is 28.5 Å². The fourth-order valence-electron chi connectivity index (χ4n) is 4.64. The largest absolute Gasteiger partial charge is 0.351 e. The first-order chi connectivity index (χ1) is 16.0. The summed E-state index contributed by atoms with van der Waals surface area (Å²) in [6.07, 6.45) is 1.81. The van der Waals surface area contributed by atoms with Gasteiger partial charge in [-0.05, 0) is 86.2 Å². The van der Waals surface area contributed by atoms with Gasteiger partial charge in [-0.2, -0.15) is 0 Å². The summed E-state index contributed by atoms with van der Waals surface area (Å²) < 4.78 is 2.20. The van der Waals surface area contributed by atoms with E-state index in [1.54, 1.807) is 0 Å². The Kier molecular flexibility index (Phi) is 5.87. The first-order valence-electron chi connectivity index (χ1n) is 10.7. The Morgan fingerprint density at radius 3 is 2.36 bits per heavy atom. The molecule has 2 aromatic heterocycles. The number of para-hydroxylation sites is 1. The molecule has 0 radical (unpaired) electrons. The number of hydrogen-bond acceptors (Lipinski definition) is 2. The molecule has 33 heavy (non-hydrogen) atoms. The van der Waals surface area contributed by atoms with Crippen molar-refractivity contribution in [2.24, 2.45) is 0 Å². The Balaban J connectivity index is 1.69. The summed E-state index contributed by atoms with van der Waals surface area (Å²) in [5.74, 6) is 0. The topological polar surface area (TPSA) is 33.1 Å². The zero-order valence-electron chi connectivity index (χ0n) is 18.2. The third kappa shape index (κ3) is 3.90. The summed E-state index contributed by atoms with van der Waals surface area (Å²) in [5.41, 5.74) is 6.24. The van der Waals surface area contributed by atoms with E-state index in [0.29, 0.717) is 15.2 Å². The molecule has 5 rings (SSSR count). The van der Waals surface area contributed by atoms with Gasteiger partial charge >= 0.3 is 0 Å². The van der Waals surface area contributed by atoms with Gasteiger partial charge in [0.25, 0.3) is 0 Å². The number of pyridine rings is 1. The zero-order valence-corrected chi connectivity index (χ0v) is 20.5.